The molecule has 1 rings (SSSR count). The first-order valence-electron chi connectivity index (χ1n) is 7.31. The smallest absolute Gasteiger partial charge is 0.237 e. The van der Waals surface area contributed by atoms with E-state index in [0.29, 0.717) is 31.1 Å². The Bertz CT molecular complexity index is 463. The first-order valence-corrected chi connectivity index (χ1v) is 7.31. The third-order valence-corrected chi connectivity index (χ3v) is 3.16. The standard InChI is InChI=1S/C16H26N2O3/c1-5-20-13-8-6-7-9-14(13)21-11-10-16(4,15(17)19)18-12(2)3/h6-9,12,18H,5,10-11H2,1-4H3,(H2,17,19). The maximum absolute atomic E-state index is 11.6. The Morgan fingerprint density at radius 3 is 2.33 bits per heavy atom. The van der Waals surface area contributed by atoms with Crippen LogP contribution in [-0.2, 0) is 4.79 Å². The Morgan fingerprint density at radius 2 is 1.86 bits per heavy atom. The minimum atomic E-state index is -0.783. The summed E-state index contributed by atoms with van der Waals surface area (Å²) in [4.78, 5) is 11.6. The van der Waals surface area contributed by atoms with Gasteiger partial charge >= 0.3 is 0 Å². The van der Waals surface area contributed by atoms with E-state index < -0.39 is 5.54 Å². The third kappa shape index (κ3) is 5.27. The maximum Gasteiger partial charge on any atom is 0.237 e. The average Bonchev–Trinajstić information content (AvgIpc) is 2.40. The van der Waals surface area contributed by atoms with Gasteiger partial charge < -0.3 is 20.5 Å². The average molecular weight is 294 g/mol. The number of hydrogen-bond donors (Lipinski definition) is 2. The molecule has 1 unspecified atom stereocenters. The van der Waals surface area contributed by atoms with E-state index in [-0.39, 0.29) is 11.9 Å². The van der Waals surface area contributed by atoms with Gasteiger partial charge in [-0.3, -0.25) is 4.79 Å². The number of nitrogens with one attached hydrogen (secondary N) is 1. The lowest BCUT2D eigenvalue weighted by molar-refractivity contribution is -0.124. The number of rotatable bonds is 9. The molecule has 118 valence electrons. The van der Waals surface area contributed by atoms with Gasteiger partial charge in [0.05, 0.1) is 18.8 Å². The van der Waals surface area contributed by atoms with E-state index in [1.807, 2.05) is 45.0 Å². The van der Waals surface area contributed by atoms with Gasteiger partial charge in [0.2, 0.25) is 5.91 Å². The van der Waals surface area contributed by atoms with Gasteiger partial charge in [-0.05, 0) is 39.8 Å². The molecule has 0 aliphatic carbocycles. The summed E-state index contributed by atoms with van der Waals surface area (Å²) >= 11 is 0. The molecule has 0 saturated heterocycles. The Hall–Kier alpha value is -1.75. The number of primary amides is 1. The van der Waals surface area contributed by atoms with Crippen LogP contribution >= 0.6 is 0 Å². The monoisotopic (exact) mass is 294 g/mol. The Balaban J connectivity index is 2.64. The van der Waals surface area contributed by atoms with Crippen molar-refractivity contribution < 1.29 is 14.3 Å². The molecular weight excluding hydrogens is 268 g/mol. The Labute approximate surface area is 126 Å². The molecule has 0 saturated carbocycles. The Morgan fingerprint density at radius 1 is 1.29 bits per heavy atom. The second-order valence-electron chi connectivity index (χ2n) is 5.47. The second-order valence-corrected chi connectivity index (χ2v) is 5.47. The number of hydrogen-bond acceptors (Lipinski definition) is 4. The summed E-state index contributed by atoms with van der Waals surface area (Å²) in [6.07, 6.45) is 0.487. The predicted molar refractivity (Wildman–Crippen MR) is 83.6 cm³/mol. The number of amides is 1. The molecule has 21 heavy (non-hydrogen) atoms. The van der Waals surface area contributed by atoms with Gasteiger partial charge in [0.1, 0.15) is 0 Å². The van der Waals surface area contributed by atoms with Crippen molar-refractivity contribution in [1.29, 1.82) is 0 Å². The molecule has 1 aromatic carbocycles. The first kappa shape index (κ1) is 17.3. The van der Waals surface area contributed by atoms with Crippen LogP contribution in [0.5, 0.6) is 11.5 Å². The number of nitrogens with two attached hydrogens (primary N) is 1. The van der Waals surface area contributed by atoms with E-state index in [0.717, 1.165) is 0 Å². The highest BCUT2D eigenvalue weighted by Gasteiger charge is 2.31. The quantitative estimate of drug-likeness (QED) is 0.731. The lowest BCUT2D eigenvalue weighted by Crippen LogP contribution is -2.56. The van der Waals surface area contributed by atoms with Crippen molar-refractivity contribution in [1.82, 2.24) is 5.32 Å². The van der Waals surface area contributed by atoms with Gasteiger partial charge in [-0.25, -0.2) is 0 Å². The molecule has 1 atom stereocenters. The third-order valence-electron chi connectivity index (χ3n) is 3.16. The van der Waals surface area contributed by atoms with E-state index in [1.54, 1.807) is 6.92 Å². The van der Waals surface area contributed by atoms with Crippen LogP contribution in [0.15, 0.2) is 24.3 Å². The van der Waals surface area contributed by atoms with Crippen molar-refractivity contribution in [3.05, 3.63) is 24.3 Å². The van der Waals surface area contributed by atoms with Gasteiger partial charge in [0.25, 0.3) is 0 Å². The molecule has 5 heteroatoms. The van der Waals surface area contributed by atoms with E-state index in [2.05, 4.69) is 5.32 Å². The Kier molecular flexibility index (Phi) is 6.49. The van der Waals surface area contributed by atoms with Crippen LogP contribution in [0.2, 0.25) is 0 Å². The number of carbonyl (C=O) groups excluding carboxylic acids is 1. The molecule has 0 bridgehead atoms. The van der Waals surface area contributed by atoms with E-state index in [9.17, 15) is 4.79 Å². The second kappa shape index (κ2) is 7.88. The fourth-order valence-electron chi connectivity index (χ4n) is 2.11. The SMILES string of the molecule is CCOc1ccccc1OCCC(C)(NC(C)C)C(N)=O. The van der Waals surface area contributed by atoms with Crippen LogP contribution in [0.25, 0.3) is 0 Å². The van der Waals surface area contributed by atoms with Gasteiger partial charge in [-0.1, -0.05) is 12.1 Å². The summed E-state index contributed by atoms with van der Waals surface area (Å²) in [7, 11) is 0. The highest BCUT2D eigenvalue weighted by Crippen LogP contribution is 2.26. The van der Waals surface area contributed by atoms with Crippen LogP contribution in [0, 0.1) is 0 Å². The number of ether oxygens (including phenoxy) is 2. The molecule has 0 fully saturated rings. The summed E-state index contributed by atoms with van der Waals surface area (Å²) in [5.74, 6) is 1.01. The van der Waals surface area contributed by atoms with Crippen LogP contribution in [-0.4, -0.2) is 30.7 Å². The van der Waals surface area contributed by atoms with Crippen LogP contribution in [0.1, 0.15) is 34.1 Å². The summed E-state index contributed by atoms with van der Waals surface area (Å²) < 4.78 is 11.2. The summed E-state index contributed by atoms with van der Waals surface area (Å²) in [6, 6.07) is 7.66. The van der Waals surface area contributed by atoms with Crippen molar-refractivity contribution >= 4 is 5.91 Å². The number of carbonyl (C=O) groups is 1. The molecule has 1 aromatic rings. The van der Waals surface area contributed by atoms with E-state index in [1.165, 1.54) is 0 Å². The summed E-state index contributed by atoms with van der Waals surface area (Å²) in [6.45, 7) is 8.64. The van der Waals surface area contributed by atoms with Gasteiger partial charge in [-0.2, -0.15) is 0 Å². The lowest BCUT2D eigenvalue weighted by Gasteiger charge is -2.29. The number of para-hydroxylation sites is 2. The molecule has 5 nitrogen and oxygen atoms in total. The minimum absolute atomic E-state index is 0.165. The van der Waals surface area contributed by atoms with Crippen LogP contribution in [0.3, 0.4) is 0 Å². The van der Waals surface area contributed by atoms with Crippen LogP contribution in [0.4, 0.5) is 0 Å². The lowest BCUT2D eigenvalue weighted by atomic mass is 9.96. The zero-order valence-electron chi connectivity index (χ0n) is 13.3. The van der Waals surface area contributed by atoms with Crippen molar-refractivity contribution in [2.45, 2.75) is 45.7 Å². The molecule has 1 amide bonds. The fraction of sp³-hybridized carbons (Fsp3) is 0.562. The normalized spacial score (nSPS) is 13.8. The zero-order valence-corrected chi connectivity index (χ0v) is 13.3. The van der Waals surface area contributed by atoms with E-state index in [4.69, 9.17) is 15.2 Å². The largest absolute Gasteiger partial charge is 0.490 e. The molecule has 0 radical (unpaired) electrons. The van der Waals surface area contributed by atoms with Crippen molar-refractivity contribution in [2.75, 3.05) is 13.2 Å². The van der Waals surface area contributed by atoms with Gasteiger partial charge in [0, 0.05) is 12.5 Å². The molecule has 0 aromatic heterocycles. The predicted octanol–water partition coefficient (Wildman–Crippen LogP) is 2.10. The van der Waals surface area contributed by atoms with Crippen molar-refractivity contribution in [2.24, 2.45) is 5.73 Å². The van der Waals surface area contributed by atoms with Gasteiger partial charge in [-0.15, -0.1) is 0 Å². The van der Waals surface area contributed by atoms with Crippen molar-refractivity contribution in [3.8, 4) is 11.5 Å². The number of benzene rings is 1. The van der Waals surface area contributed by atoms with Crippen molar-refractivity contribution in [3.63, 3.8) is 0 Å². The highest BCUT2D eigenvalue weighted by molar-refractivity contribution is 5.84. The molecule has 0 aliphatic rings. The molecule has 0 heterocycles. The topological polar surface area (TPSA) is 73.6 Å². The first-order chi connectivity index (χ1) is 9.89. The molecule has 0 aliphatic heterocycles. The molecule has 3 N–H and O–H groups in total. The van der Waals surface area contributed by atoms with Gasteiger partial charge in [0.15, 0.2) is 11.5 Å². The summed E-state index contributed by atoms with van der Waals surface area (Å²) in [5, 5.41) is 3.20. The molecule has 0 spiro atoms. The highest BCUT2D eigenvalue weighted by atomic mass is 16.5. The van der Waals surface area contributed by atoms with Crippen LogP contribution < -0.4 is 20.5 Å². The van der Waals surface area contributed by atoms with E-state index >= 15 is 0 Å². The zero-order chi connectivity index (χ0) is 15.9. The minimum Gasteiger partial charge on any atom is -0.490 e. The summed E-state index contributed by atoms with van der Waals surface area (Å²) in [5.41, 5.74) is 4.71. The molecular formula is C16H26N2O3. The maximum atomic E-state index is 11.6. The fourth-order valence-corrected chi connectivity index (χ4v) is 2.11.